The van der Waals surface area contributed by atoms with Gasteiger partial charge in [0.2, 0.25) is 0 Å². The minimum absolute atomic E-state index is 0.0658. The molecule has 0 fully saturated rings. The minimum atomic E-state index is -0.760. The summed E-state index contributed by atoms with van der Waals surface area (Å²) < 4.78 is 16.7. The van der Waals surface area contributed by atoms with E-state index in [9.17, 15) is 14.4 Å². The molecule has 6 heteroatoms. The highest BCUT2D eigenvalue weighted by Gasteiger charge is 2.19. The van der Waals surface area contributed by atoms with Crippen LogP contribution in [0, 0.1) is 11.8 Å². The molecule has 6 nitrogen and oxygen atoms in total. The molecule has 1 atom stereocenters. The van der Waals surface area contributed by atoms with E-state index < -0.39 is 6.10 Å². The summed E-state index contributed by atoms with van der Waals surface area (Å²) in [5.41, 5.74) is 0. The highest BCUT2D eigenvalue weighted by molar-refractivity contribution is 5.71. The van der Waals surface area contributed by atoms with Crippen molar-refractivity contribution in [2.75, 3.05) is 13.2 Å². The van der Waals surface area contributed by atoms with Gasteiger partial charge in [-0.3, -0.25) is 14.4 Å². The Morgan fingerprint density at radius 1 is 0.373 bits per heavy atom. The molecule has 0 saturated carbocycles. The number of carbonyl (C=O) groups is 3. The van der Waals surface area contributed by atoms with Crippen LogP contribution < -0.4 is 0 Å². The van der Waals surface area contributed by atoms with Gasteiger partial charge in [-0.1, -0.05) is 202 Å². The van der Waals surface area contributed by atoms with Crippen molar-refractivity contribution in [1.82, 2.24) is 0 Å². The van der Waals surface area contributed by atoms with Gasteiger partial charge in [-0.25, -0.2) is 0 Å². The number of unbranched alkanes of at least 4 members (excludes halogenated alkanes) is 24. The zero-order valence-corrected chi connectivity index (χ0v) is 34.7. The van der Waals surface area contributed by atoms with E-state index in [0.717, 1.165) is 69.6 Å². The predicted molar refractivity (Wildman–Crippen MR) is 215 cm³/mol. The van der Waals surface area contributed by atoms with E-state index in [1.807, 2.05) is 0 Å². The molecular formula is C45H86O6. The van der Waals surface area contributed by atoms with Crippen molar-refractivity contribution < 1.29 is 28.6 Å². The standard InChI is InChI=1S/C45H86O6/c1-6-7-8-9-10-11-12-17-20-27-32-37-45(48)51-42(39-50-44(47)36-31-26-22-21-24-29-34-41(4)5)38-49-43(46)35-30-25-19-16-14-13-15-18-23-28-33-40(2)3/h40-42H,6-39H2,1-5H3/t42-/m0/s1. The highest BCUT2D eigenvalue weighted by atomic mass is 16.6. The lowest BCUT2D eigenvalue weighted by molar-refractivity contribution is -0.167. The number of ether oxygens (including phenoxy) is 3. The van der Waals surface area contributed by atoms with Gasteiger partial charge in [-0.2, -0.15) is 0 Å². The molecule has 0 amide bonds. The van der Waals surface area contributed by atoms with Crippen LogP contribution in [0.5, 0.6) is 0 Å². The Bertz CT molecular complexity index is 779. The smallest absolute Gasteiger partial charge is 0.306 e. The van der Waals surface area contributed by atoms with Crippen molar-refractivity contribution in [3.05, 3.63) is 0 Å². The highest BCUT2D eigenvalue weighted by Crippen LogP contribution is 2.16. The van der Waals surface area contributed by atoms with Crippen LogP contribution in [-0.2, 0) is 28.6 Å². The molecule has 0 unspecified atom stereocenters. The SMILES string of the molecule is CCCCCCCCCCCCCC(=O)O[C@@H](COC(=O)CCCCCCCCCCCCC(C)C)COC(=O)CCCCCCCCC(C)C. The normalized spacial score (nSPS) is 12.1. The van der Waals surface area contributed by atoms with Crippen LogP contribution in [0.2, 0.25) is 0 Å². The van der Waals surface area contributed by atoms with Crippen LogP contribution in [0.1, 0.15) is 240 Å². The van der Waals surface area contributed by atoms with Crippen LogP contribution >= 0.6 is 0 Å². The molecule has 0 bridgehead atoms. The van der Waals surface area contributed by atoms with Gasteiger partial charge < -0.3 is 14.2 Å². The van der Waals surface area contributed by atoms with Gasteiger partial charge in [0.1, 0.15) is 13.2 Å². The topological polar surface area (TPSA) is 78.9 Å². The van der Waals surface area contributed by atoms with E-state index in [2.05, 4.69) is 34.6 Å². The maximum atomic E-state index is 12.7. The Morgan fingerprint density at radius 2 is 0.647 bits per heavy atom. The quantitative estimate of drug-likeness (QED) is 0.0357. The number of carbonyl (C=O) groups excluding carboxylic acids is 3. The number of rotatable bonds is 39. The summed E-state index contributed by atoms with van der Waals surface area (Å²) in [6.45, 7) is 11.2. The van der Waals surface area contributed by atoms with Crippen LogP contribution in [0.15, 0.2) is 0 Å². The molecule has 0 aromatic carbocycles. The molecule has 51 heavy (non-hydrogen) atoms. The maximum absolute atomic E-state index is 12.7. The largest absolute Gasteiger partial charge is 0.462 e. The average Bonchev–Trinajstić information content (AvgIpc) is 3.09. The van der Waals surface area contributed by atoms with Crippen LogP contribution in [-0.4, -0.2) is 37.2 Å². The molecule has 0 N–H and O–H groups in total. The lowest BCUT2D eigenvalue weighted by Gasteiger charge is -2.18. The molecule has 0 aliphatic heterocycles. The second kappa shape index (κ2) is 38.1. The van der Waals surface area contributed by atoms with Crippen molar-refractivity contribution in [3.8, 4) is 0 Å². The van der Waals surface area contributed by atoms with Gasteiger partial charge in [0.15, 0.2) is 6.10 Å². The molecule has 0 aliphatic rings. The summed E-state index contributed by atoms with van der Waals surface area (Å²) in [5.74, 6) is 0.718. The Labute approximate surface area is 317 Å². The third kappa shape index (κ3) is 39.5. The number of hydrogen-bond donors (Lipinski definition) is 0. The second-order valence-corrected chi connectivity index (χ2v) is 16.3. The lowest BCUT2D eigenvalue weighted by atomic mass is 10.0. The van der Waals surface area contributed by atoms with E-state index >= 15 is 0 Å². The van der Waals surface area contributed by atoms with E-state index in [-0.39, 0.29) is 31.1 Å². The van der Waals surface area contributed by atoms with E-state index in [0.29, 0.717) is 19.3 Å². The fraction of sp³-hybridized carbons (Fsp3) is 0.933. The van der Waals surface area contributed by atoms with Gasteiger partial charge >= 0.3 is 17.9 Å². The van der Waals surface area contributed by atoms with Crippen molar-refractivity contribution in [2.24, 2.45) is 11.8 Å². The monoisotopic (exact) mass is 723 g/mol. The van der Waals surface area contributed by atoms with Gasteiger partial charge in [-0.05, 0) is 31.1 Å². The van der Waals surface area contributed by atoms with Gasteiger partial charge in [0.05, 0.1) is 0 Å². The molecule has 0 aromatic heterocycles. The fourth-order valence-electron chi connectivity index (χ4n) is 6.58. The van der Waals surface area contributed by atoms with E-state index in [1.165, 1.54) is 128 Å². The molecule has 0 spiro atoms. The minimum Gasteiger partial charge on any atom is -0.462 e. The Balaban J connectivity index is 4.32. The van der Waals surface area contributed by atoms with Crippen molar-refractivity contribution in [1.29, 1.82) is 0 Å². The lowest BCUT2D eigenvalue weighted by Crippen LogP contribution is -2.30. The van der Waals surface area contributed by atoms with Crippen LogP contribution in [0.25, 0.3) is 0 Å². The first-order chi connectivity index (χ1) is 24.7. The molecule has 0 heterocycles. The molecule has 0 aliphatic carbocycles. The van der Waals surface area contributed by atoms with Crippen LogP contribution in [0.4, 0.5) is 0 Å². The fourth-order valence-corrected chi connectivity index (χ4v) is 6.58. The average molecular weight is 723 g/mol. The first kappa shape index (κ1) is 49.4. The first-order valence-electron chi connectivity index (χ1n) is 22.2. The summed E-state index contributed by atoms with van der Waals surface area (Å²) in [7, 11) is 0. The number of esters is 3. The summed E-state index contributed by atoms with van der Waals surface area (Å²) in [5, 5.41) is 0. The van der Waals surface area contributed by atoms with Crippen LogP contribution in [0.3, 0.4) is 0 Å². The second-order valence-electron chi connectivity index (χ2n) is 16.3. The zero-order chi connectivity index (χ0) is 37.6. The van der Waals surface area contributed by atoms with E-state index in [4.69, 9.17) is 14.2 Å². The molecule has 0 saturated heterocycles. The van der Waals surface area contributed by atoms with Gasteiger partial charge in [0, 0.05) is 19.3 Å². The molecule has 0 rings (SSSR count). The molecule has 0 aromatic rings. The van der Waals surface area contributed by atoms with Gasteiger partial charge in [0.25, 0.3) is 0 Å². The van der Waals surface area contributed by atoms with Crippen molar-refractivity contribution >= 4 is 17.9 Å². The zero-order valence-electron chi connectivity index (χ0n) is 34.7. The summed E-state index contributed by atoms with van der Waals surface area (Å²) >= 11 is 0. The van der Waals surface area contributed by atoms with Crippen molar-refractivity contribution in [3.63, 3.8) is 0 Å². The Morgan fingerprint density at radius 3 is 0.961 bits per heavy atom. The summed E-state index contributed by atoms with van der Waals surface area (Å²) in [4.78, 5) is 37.6. The van der Waals surface area contributed by atoms with Gasteiger partial charge in [-0.15, -0.1) is 0 Å². The van der Waals surface area contributed by atoms with Crippen molar-refractivity contribution in [2.45, 2.75) is 246 Å². The maximum Gasteiger partial charge on any atom is 0.306 e. The Kier molecular flexibility index (Phi) is 37.0. The molecular weight excluding hydrogens is 636 g/mol. The third-order valence-corrected chi connectivity index (χ3v) is 9.97. The summed E-state index contributed by atoms with van der Waals surface area (Å²) in [6.07, 6.45) is 35.3. The first-order valence-corrected chi connectivity index (χ1v) is 22.2. The Hall–Kier alpha value is -1.59. The van der Waals surface area contributed by atoms with E-state index in [1.54, 1.807) is 0 Å². The number of hydrogen-bond acceptors (Lipinski definition) is 6. The molecule has 0 radical (unpaired) electrons. The third-order valence-electron chi connectivity index (χ3n) is 9.97. The summed E-state index contributed by atoms with van der Waals surface area (Å²) in [6, 6.07) is 0. The molecule has 302 valence electrons. The predicted octanol–water partition coefficient (Wildman–Crippen LogP) is 13.8.